The summed E-state index contributed by atoms with van der Waals surface area (Å²) >= 11 is 0. The number of carbonyl (C=O) groups excluding carboxylic acids is 1. The highest BCUT2D eigenvalue weighted by Gasteiger charge is 2.76. The molecule has 4 heterocycles. The molecule has 4 rings (SSSR count). The zero-order valence-electron chi connectivity index (χ0n) is 12.8. The number of ether oxygens (including phenoxy) is 3. The molecule has 0 aromatic rings. The lowest BCUT2D eigenvalue weighted by Gasteiger charge is -2.71. The highest BCUT2D eigenvalue weighted by Crippen LogP contribution is 2.63. The van der Waals surface area contributed by atoms with Crippen molar-refractivity contribution in [3.8, 4) is 0 Å². The molecule has 4 fully saturated rings. The van der Waals surface area contributed by atoms with Crippen LogP contribution in [0.3, 0.4) is 0 Å². The zero-order valence-corrected chi connectivity index (χ0v) is 12.8. The van der Waals surface area contributed by atoms with E-state index >= 15 is 0 Å². The second-order valence-electron chi connectivity index (χ2n) is 6.65. The molecular formula is C15H24O5. The lowest BCUT2D eigenvalue weighted by molar-refractivity contribution is -0.589. The van der Waals surface area contributed by atoms with E-state index in [0.717, 1.165) is 6.29 Å². The Bertz CT molecular complexity index is 430. The highest BCUT2D eigenvalue weighted by molar-refractivity contribution is 5.55. The average molecular weight is 284 g/mol. The predicted octanol–water partition coefficient (Wildman–Crippen LogP) is 1.68. The minimum absolute atomic E-state index is 0.0160. The van der Waals surface area contributed by atoms with Crippen molar-refractivity contribution in [2.75, 3.05) is 0 Å². The Morgan fingerprint density at radius 1 is 1.25 bits per heavy atom. The Morgan fingerprint density at radius 3 is 2.45 bits per heavy atom. The van der Waals surface area contributed by atoms with Crippen LogP contribution >= 0.6 is 0 Å². The van der Waals surface area contributed by atoms with Gasteiger partial charge in [-0.1, -0.05) is 34.6 Å². The first-order valence-electron chi connectivity index (χ1n) is 7.53. The second kappa shape index (κ2) is 4.03. The van der Waals surface area contributed by atoms with Crippen LogP contribution in [0.15, 0.2) is 0 Å². The third kappa shape index (κ3) is 1.35. The molecule has 5 heteroatoms. The van der Waals surface area contributed by atoms with Crippen LogP contribution in [0.2, 0.25) is 0 Å². The molecule has 0 amide bonds. The molecule has 0 aromatic heterocycles. The normalized spacial score (nSPS) is 58.7. The smallest absolute Gasteiger partial charge is 0.188 e. The third-order valence-electron chi connectivity index (χ3n) is 5.88. The molecule has 0 aromatic carbocycles. The molecule has 0 radical (unpaired) electrons. The molecule has 114 valence electrons. The zero-order chi connectivity index (χ0) is 14.9. The van der Waals surface area contributed by atoms with Crippen molar-refractivity contribution in [3.05, 3.63) is 0 Å². The Kier molecular flexibility index (Phi) is 2.91. The molecule has 4 bridgehead atoms. The monoisotopic (exact) mass is 284 g/mol. The summed E-state index contributed by atoms with van der Waals surface area (Å²) in [6, 6.07) is 0. The summed E-state index contributed by atoms with van der Waals surface area (Å²) in [5.41, 5.74) is 0. The van der Waals surface area contributed by atoms with Gasteiger partial charge in [0.05, 0.1) is 17.9 Å². The highest BCUT2D eigenvalue weighted by atomic mass is 16.9. The first kappa shape index (κ1) is 14.4. The van der Waals surface area contributed by atoms with Crippen LogP contribution < -0.4 is 0 Å². The van der Waals surface area contributed by atoms with Gasteiger partial charge in [0, 0.05) is 11.8 Å². The van der Waals surface area contributed by atoms with Crippen molar-refractivity contribution in [2.45, 2.75) is 64.5 Å². The number of hydrogen-bond acceptors (Lipinski definition) is 5. The molecule has 0 unspecified atom stereocenters. The van der Waals surface area contributed by atoms with Gasteiger partial charge < -0.3 is 24.1 Å². The van der Waals surface area contributed by atoms with Crippen molar-refractivity contribution in [2.24, 2.45) is 23.7 Å². The van der Waals surface area contributed by atoms with E-state index in [1.165, 1.54) is 0 Å². The van der Waals surface area contributed by atoms with Crippen LogP contribution in [0.25, 0.3) is 0 Å². The fourth-order valence-electron chi connectivity index (χ4n) is 4.32. The molecule has 5 nitrogen and oxygen atoms in total. The average Bonchev–Trinajstić information content (AvgIpc) is 2.44. The molecule has 0 saturated carbocycles. The lowest BCUT2D eigenvalue weighted by atomic mass is 9.65. The Labute approximate surface area is 119 Å². The molecule has 0 aliphatic carbocycles. The van der Waals surface area contributed by atoms with E-state index in [4.69, 9.17) is 14.2 Å². The van der Waals surface area contributed by atoms with Crippen LogP contribution in [-0.4, -0.2) is 34.9 Å². The van der Waals surface area contributed by atoms with Crippen LogP contribution in [0.4, 0.5) is 0 Å². The summed E-state index contributed by atoms with van der Waals surface area (Å²) in [6.07, 6.45) is 1.29. The first-order valence-corrected chi connectivity index (χ1v) is 7.53. The Balaban J connectivity index is 2.15. The molecule has 8 atom stereocenters. The van der Waals surface area contributed by atoms with Gasteiger partial charge in [0.2, 0.25) is 0 Å². The quantitative estimate of drug-likeness (QED) is 0.799. The van der Waals surface area contributed by atoms with Crippen molar-refractivity contribution >= 4 is 6.29 Å². The maximum Gasteiger partial charge on any atom is 0.188 e. The number of aldehydes is 1. The molecule has 4 saturated heterocycles. The second-order valence-corrected chi connectivity index (χ2v) is 6.65. The number of carbonyl (C=O) groups is 1. The van der Waals surface area contributed by atoms with Crippen molar-refractivity contribution in [1.82, 2.24) is 0 Å². The fraction of sp³-hybridized carbons (Fsp3) is 0.933. The van der Waals surface area contributed by atoms with Crippen molar-refractivity contribution < 1.29 is 24.1 Å². The van der Waals surface area contributed by atoms with Gasteiger partial charge in [-0.25, -0.2) is 0 Å². The molecule has 4 aliphatic heterocycles. The Morgan fingerprint density at radius 2 is 1.90 bits per heavy atom. The van der Waals surface area contributed by atoms with Crippen molar-refractivity contribution in [1.29, 1.82) is 0 Å². The Hall–Kier alpha value is -0.490. The SMILES string of the molecule is CC[C@]12O[C@@]3(O)[C@@H](C)[C@]([C@@H](C)C=O)(O[C@@H]([C@H]1C)[C@@H]3C)O2. The maximum absolute atomic E-state index is 11.3. The van der Waals surface area contributed by atoms with Gasteiger partial charge in [-0.3, -0.25) is 0 Å². The van der Waals surface area contributed by atoms with Gasteiger partial charge >= 0.3 is 0 Å². The molecule has 0 spiro atoms. The van der Waals surface area contributed by atoms with Crippen molar-refractivity contribution in [3.63, 3.8) is 0 Å². The molecule has 20 heavy (non-hydrogen) atoms. The number of hydrogen-bond donors (Lipinski definition) is 1. The van der Waals surface area contributed by atoms with Crippen LogP contribution in [0, 0.1) is 23.7 Å². The summed E-state index contributed by atoms with van der Waals surface area (Å²) in [6.45, 7) is 9.55. The van der Waals surface area contributed by atoms with E-state index < -0.39 is 29.2 Å². The van der Waals surface area contributed by atoms with E-state index in [9.17, 15) is 9.90 Å². The van der Waals surface area contributed by atoms with E-state index in [1.54, 1.807) is 6.92 Å². The van der Waals surface area contributed by atoms with Gasteiger partial charge in [-0.05, 0) is 6.42 Å². The predicted molar refractivity (Wildman–Crippen MR) is 70.5 cm³/mol. The minimum Gasteiger partial charge on any atom is -0.365 e. The van der Waals surface area contributed by atoms with Gasteiger partial charge in [0.1, 0.15) is 6.29 Å². The van der Waals surface area contributed by atoms with Crippen LogP contribution in [-0.2, 0) is 19.0 Å². The lowest BCUT2D eigenvalue weighted by Crippen LogP contribution is -2.83. The van der Waals surface area contributed by atoms with Crippen LogP contribution in [0.5, 0.6) is 0 Å². The number of aliphatic hydroxyl groups is 1. The van der Waals surface area contributed by atoms with Crippen LogP contribution in [0.1, 0.15) is 41.0 Å². The summed E-state index contributed by atoms with van der Waals surface area (Å²) in [4.78, 5) is 11.3. The largest absolute Gasteiger partial charge is 0.365 e. The summed E-state index contributed by atoms with van der Waals surface area (Å²) in [5, 5.41) is 11.1. The van der Waals surface area contributed by atoms with E-state index in [-0.39, 0.29) is 17.9 Å². The van der Waals surface area contributed by atoms with Gasteiger partial charge in [0.25, 0.3) is 0 Å². The van der Waals surface area contributed by atoms with E-state index in [1.807, 2.05) is 27.7 Å². The molecule has 4 aliphatic rings. The fourth-order valence-corrected chi connectivity index (χ4v) is 4.32. The van der Waals surface area contributed by atoms with Gasteiger partial charge in [-0.2, -0.15) is 0 Å². The van der Waals surface area contributed by atoms with Gasteiger partial charge in [-0.15, -0.1) is 0 Å². The minimum atomic E-state index is -1.30. The summed E-state index contributed by atoms with van der Waals surface area (Å²) in [7, 11) is 0. The molecular weight excluding hydrogens is 260 g/mol. The summed E-state index contributed by atoms with van der Waals surface area (Å²) in [5.74, 6) is -4.27. The van der Waals surface area contributed by atoms with E-state index in [2.05, 4.69) is 0 Å². The summed E-state index contributed by atoms with van der Waals surface area (Å²) < 4.78 is 18.4. The first-order chi connectivity index (χ1) is 9.27. The number of rotatable bonds is 3. The van der Waals surface area contributed by atoms with Gasteiger partial charge in [0.15, 0.2) is 17.4 Å². The maximum atomic E-state index is 11.3. The molecule has 1 N–H and O–H groups in total. The van der Waals surface area contributed by atoms with E-state index in [0.29, 0.717) is 6.42 Å². The third-order valence-corrected chi connectivity index (χ3v) is 5.88. The standard InChI is InChI=1S/C15H24O5/c1-6-13-9(3)12-10(4)14(17,19-13)11(5)15(18-12,20-13)8(2)7-16/h7-12,17H,6H2,1-5H3/t8-,9+,10-,11+,12-,13+,14+,15+/m0/s1. The topological polar surface area (TPSA) is 65.0 Å².